The Morgan fingerprint density at radius 2 is 1.56 bits per heavy atom. The van der Waals surface area contributed by atoms with Crippen LogP contribution in [0.2, 0.25) is 0 Å². The van der Waals surface area contributed by atoms with Gasteiger partial charge in [0.15, 0.2) is 0 Å². The van der Waals surface area contributed by atoms with Gasteiger partial charge in [-0.2, -0.15) is 0 Å². The minimum absolute atomic E-state index is 0.288. The normalized spacial score (nSPS) is 20.7. The number of aryl methyl sites for hydroxylation is 4. The molecule has 0 aliphatic carbocycles. The van der Waals surface area contributed by atoms with Gasteiger partial charge in [0.05, 0.1) is 11.2 Å². The molecular weight excluding hydrogens is 395 g/mol. The van der Waals surface area contributed by atoms with Crippen LogP contribution in [0.4, 0.5) is 4.39 Å². The van der Waals surface area contributed by atoms with Gasteiger partial charge >= 0.3 is 0 Å². The van der Waals surface area contributed by atoms with Crippen LogP contribution >= 0.6 is 0 Å². The lowest BCUT2D eigenvalue weighted by Gasteiger charge is -2.31. The van der Waals surface area contributed by atoms with Gasteiger partial charge in [0.2, 0.25) is 0 Å². The Morgan fingerprint density at radius 1 is 0.875 bits per heavy atom. The van der Waals surface area contributed by atoms with Gasteiger partial charge in [-0.1, -0.05) is 48.0 Å². The SMILES string of the molecule is C/C1=C(\c2c(C)cc(C)cc2C)n2c(=N)c3c(cccc3c3ccc(C)cc32)C(C)(F)C1. The summed E-state index contributed by atoms with van der Waals surface area (Å²) in [4.78, 5) is 0. The van der Waals surface area contributed by atoms with Crippen molar-refractivity contribution in [3.05, 3.63) is 93.0 Å². The van der Waals surface area contributed by atoms with E-state index >= 15 is 4.39 Å². The summed E-state index contributed by atoms with van der Waals surface area (Å²) in [6.45, 7) is 12.1. The first-order chi connectivity index (χ1) is 15.1. The molecule has 2 nitrogen and oxygen atoms in total. The smallest absolute Gasteiger partial charge is 0.138 e. The highest BCUT2D eigenvalue weighted by Crippen LogP contribution is 2.42. The maximum absolute atomic E-state index is 16.3. The zero-order valence-electron chi connectivity index (χ0n) is 19.7. The maximum Gasteiger partial charge on any atom is 0.138 e. The Morgan fingerprint density at radius 3 is 2.25 bits per heavy atom. The van der Waals surface area contributed by atoms with Crippen molar-refractivity contribution in [1.82, 2.24) is 4.57 Å². The summed E-state index contributed by atoms with van der Waals surface area (Å²) in [5.74, 6) is 0. The molecule has 0 spiro atoms. The number of pyridine rings is 1. The fraction of sp³-hybridized carbons (Fsp3) is 0.276. The van der Waals surface area contributed by atoms with Crippen molar-refractivity contribution in [3.63, 3.8) is 0 Å². The minimum Gasteiger partial charge on any atom is -0.294 e. The molecule has 5 rings (SSSR count). The van der Waals surface area contributed by atoms with Crippen LogP contribution < -0.4 is 5.49 Å². The number of nitrogens with one attached hydrogen (secondary N) is 1. The van der Waals surface area contributed by atoms with Gasteiger partial charge in [0.25, 0.3) is 0 Å². The predicted octanol–water partition coefficient (Wildman–Crippen LogP) is 7.38. The summed E-state index contributed by atoms with van der Waals surface area (Å²) in [5.41, 5.74) is 8.05. The first-order valence-corrected chi connectivity index (χ1v) is 11.2. The van der Waals surface area contributed by atoms with Gasteiger partial charge in [-0.3, -0.25) is 9.98 Å². The molecule has 1 aliphatic rings. The van der Waals surface area contributed by atoms with Gasteiger partial charge in [0.1, 0.15) is 11.2 Å². The highest BCUT2D eigenvalue weighted by Gasteiger charge is 2.33. The second kappa shape index (κ2) is 6.90. The van der Waals surface area contributed by atoms with Gasteiger partial charge in [-0.05, 0) is 75.3 Å². The average Bonchev–Trinajstić information content (AvgIpc) is 2.70. The maximum atomic E-state index is 16.3. The highest BCUT2D eigenvalue weighted by atomic mass is 19.1. The molecule has 4 aromatic rings. The van der Waals surface area contributed by atoms with Crippen molar-refractivity contribution < 1.29 is 4.39 Å². The van der Waals surface area contributed by atoms with Crippen LogP contribution in [-0.2, 0) is 5.67 Å². The number of fused-ring (bicyclic) bond motifs is 4. The van der Waals surface area contributed by atoms with Crippen LogP contribution in [0.5, 0.6) is 0 Å². The summed E-state index contributed by atoms with van der Waals surface area (Å²) in [5, 5.41) is 12.1. The molecule has 1 aromatic heterocycles. The van der Waals surface area contributed by atoms with E-state index < -0.39 is 5.67 Å². The number of alkyl halides is 1. The van der Waals surface area contributed by atoms with Crippen LogP contribution in [-0.4, -0.2) is 4.57 Å². The molecule has 0 saturated heterocycles. The van der Waals surface area contributed by atoms with Crippen LogP contribution in [0, 0.1) is 33.1 Å². The molecule has 0 amide bonds. The number of halogens is 1. The van der Waals surface area contributed by atoms with E-state index in [-0.39, 0.29) is 6.42 Å². The third kappa shape index (κ3) is 2.87. The summed E-state index contributed by atoms with van der Waals surface area (Å²) in [7, 11) is 0. The zero-order chi connectivity index (χ0) is 22.9. The summed E-state index contributed by atoms with van der Waals surface area (Å²) in [6, 6.07) is 16.5. The third-order valence-electron chi connectivity index (χ3n) is 6.91. The van der Waals surface area contributed by atoms with E-state index in [0.717, 1.165) is 49.8 Å². The minimum atomic E-state index is -1.56. The zero-order valence-corrected chi connectivity index (χ0v) is 19.7. The quantitative estimate of drug-likeness (QED) is 0.309. The van der Waals surface area contributed by atoms with Gasteiger partial charge in [-0.25, -0.2) is 4.39 Å². The van der Waals surface area contributed by atoms with Crippen LogP contribution in [0.15, 0.2) is 54.1 Å². The molecule has 0 radical (unpaired) electrons. The highest BCUT2D eigenvalue weighted by molar-refractivity contribution is 6.08. The van der Waals surface area contributed by atoms with E-state index in [1.807, 2.05) is 25.1 Å². The molecule has 1 aliphatic heterocycles. The number of aromatic nitrogens is 1. The van der Waals surface area contributed by atoms with E-state index in [1.54, 1.807) is 6.92 Å². The second-order valence-electron chi connectivity index (χ2n) is 9.71. The number of nitrogens with zero attached hydrogens (tertiary/aromatic N) is 1. The molecule has 1 N–H and O–H groups in total. The summed E-state index contributed by atoms with van der Waals surface area (Å²) < 4.78 is 18.4. The third-order valence-corrected chi connectivity index (χ3v) is 6.91. The Bertz CT molecular complexity index is 1510. The summed E-state index contributed by atoms with van der Waals surface area (Å²) >= 11 is 0. The van der Waals surface area contributed by atoms with Crippen molar-refractivity contribution in [2.24, 2.45) is 0 Å². The molecule has 1 atom stereocenters. The van der Waals surface area contributed by atoms with Crippen LogP contribution in [0.3, 0.4) is 0 Å². The fourth-order valence-corrected chi connectivity index (χ4v) is 5.73. The molecule has 2 bridgehead atoms. The van der Waals surface area contributed by atoms with Crippen molar-refractivity contribution in [2.45, 2.75) is 53.6 Å². The molecule has 3 heteroatoms. The Hall–Kier alpha value is -3.20. The molecular formula is C29H29FN2. The largest absolute Gasteiger partial charge is 0.294 e. The van der Waals surface area contributed by atoms with Crippen molar-refractivity contribution in [2.75, 3.05) is 0 Å². The molecule has 3 aromatic carbocycles. The Kier molecular flexibility index (Phi) is 4.46. The lowest BCUT2D eigenvalue weighted by atomic mass is 9.83. The molecule has 0 saturated carbocycles. The molecule has 162 valence electrons. The molecule has 1 unspecified atom stereocenters. The molecule has 0 fully saturated rings. The van der Waals surface area contributed by atoms with E-state index in [4.69, 9.17) is 0 Å². The van der Waals surface area contributed by atoms with Gasteiger partial charge in [0, 0.05) is 28.3 Å². The van der Waals surface area contributed by atoms with Gasteiger partial charge < -0.3 is 0 Å². The van der Waals surface area contributed by atoms with E-state index in [2.05, 4.69) is 62.6 Å². The Labute approximate surface area is 188 Å². The monoisotopic (exact) mass is 424 g/mol. The van der Waals surface area contributed by atoms with Crippen molar-refractivity contribution in [1.29, 1.82) is 5.41 Å². The standard InChI is InChI=1S/C29H29FN2/c1-16-10-11-21-22-8-7-9-23-26(22)28(31)32(24(21)14-16)27(20(5)15-29(23,6)30)25-18(3)12-17(2)13-19(25)4/h7-14,31H,15H2,1-6H3/b27-20-,31-28?. The predicted molar refractivity (Wildman–Crippen MR) is 132 cm³/mol. The number of allylic oxidation sites excluding steroid dienone is 1. The average molecular weight is 425 g/mol. The molecule has 2 heterocycles. The summed E-state index contributed by atoms with van der Waals surface area (Å²) in [6.07, 6.45) is 0.288. The second-order valence-corrected chi connectivity index (χ2v) is 9.71. The molecule has 32 heavy (non-hydrogen) atoms. The van der Waals surface area contributed by atoms with Crippen LogP contribution in [0.1, 0.15) is 53.6 Å². The van der Waals surface area contributed by atoms with Crippen molar-refractivity contribution in [3.8, 4) is 0 Å². The Balaban J connectivity index is 2.10. The van der Waals surface area contributed by atoms with E-state index in [9.17, 15) is 5.41 Å². The van der Waals surface area contributed by atoms with E-state index in [0.29, 0.717) is 16.4 Å². The number of hydrogen-bond acceptors (Lipinski definition) is 1. The topological polar surface area (TPSA) is 28.8 Å². The van der Waals surface area contributed by atoms with Crippen LogP contribution in [0.25, 0.3) is 27.4 Å². The van der Waals surface area contributed by atoms with E-state index in [1.165, 1.54) is 5.56 Å². The first kappa shape index (κ1) is 20.7. The number of hydrogen-bond donors (Lipinski definition) is 1. The van der Waals surface area contributed by atoms with Gasteiger partial charge in [-0.15, -0.1) is 0 Å². The number of benzene rings is 3. The first-order valence-electron chi connectivity index (χ1n) is 11.2. The fourth-order valence-electron chi connectivity index (χ4n) is 5.73. The lowest BCUT2D eigenvalue weighted by Crippen LogP contribution is -2.29. The number of rotatable bonds is 1. The van der Waals surface area contributed by atoms with Crippen molar-refractivity contribution >= 4 is 27.4 Å². The lowest BCUT2D eigenvalue weighted by molar-refractivity contribution is 0.193.